The zero-order chi connectivity index (χ0) is 15.2. The van der Waals surface area contributed by atoms with E-state index in [1.54, 1.807) is 27.4 Å². The first-order valence-corrected chi connectivity index (χ1v) is 7.32. The lowest BCUT2D eigenvalue weighted by molar-refractivity contribution is 0.0832. The van der Waals surface area contributed by atoms with Crippen LogP contribution in [0, 0.1) is 0 Å². The number of ether oxygens (including phenoxy) is 3. The molecule has 118 valence electrons. The third-order valence-electron chi connectivity index (χ3n) is 3.85. The van der Waals surface area contributed by atoms with Gasteiger partial charge >= 0.3 is 0 Å². The van der Waals surface area contributed by atoms with Crippen molar-refractivity contribution in [2.75, 3.05) is 41.0 Å². The largest absolute Gasteiger partial charge is 0.497 e. The van der Waals surface area contributed by atoms with Crippen molar-refractivity contribution >= 4 is 0 Å². The predicted octanol–water partition coefficient (Wildman–Crippen LogP) is 1.85. The Morgan fingerprint density at radius 2 is 2.00 bits per heavy atom. The maximum Gasteiger partial charge on any atom is 0.128 e. The summed E-state index contributed by atoms with van der Waals surface area (Å²) < 4.78 is 15.7. The molecule has 2 rings (SSSR count). The van der Waals surface area contributed by atoms with Gasteiger partial charge in [0.1, 0.15) is 11.5 Å². The van der Waals surface area contributed by atoms with E-state index in [4.69, 9.17) is 14.2 Å². The normalized spacial score (nSPS) is 16.0. The van der Waals surface area contributed by atoms with Crippen molar-refractivity contribution in [2.24, 2.45) is 0 Å². The third-order valence-corrected chi connectivity index (χ3v) is 3.85. The zero-order valence-corrected chi connectivity index (χ0v) is 13.0. The molecule has 0 heterocycles. The highest BCUT2D eigenvalue weighted by atomic mass is 16.5. The average molecular weight is 295 g/mol. The van der Waals surface area contributed by atoms with Gasteiger partial charge in [-0.1, -0.05) is 0 Å². The van der Waals surface area contributed by atoms with Gasteiger partial charge in [-0.05, 0) is 25.0 Å². The van der Waals surface area contributed by atoms with Crippen molar-refractivity contribution in [1.29, 1.82) is 0 Å². The summed E-state index contributed by atoms with van der Waals surface area (Å²) in [6, 6.07) is 6.09. The fourth-order valence-electron chi connectivity index (χ4n) is 2.49. The van der Waals surface area contributed by atoms with Crippen LogP contribution in [0.5, 0.6) is 11.5 Å². The summed E-state index contributed by atoms with van der Waals surface area (Å²) in [5.74, 6) is 1.38. The first-order chi connectivity index (χ1) is 10.2. The van der Waals surface area contributed by atoms with E-state index in [0.717, 1.165) is 17.9 Å². The van der Waals surface area contributed by atoms with E-state index < -0.39 is 6.10 Å². The number of benzene rings is 1. The minimum Gasteiger partial charge on any atom is -0.497 e. The second kappa shape index (κ2) is 7.64. The lowest BCUT2D eigenvalue weighted by Gasteiger charge is -2.25. The molecule has 0 bridgehead atoms. The monoisotopic (exact) mass is 295 g/mol. The van der Waals surface area contributed by atoms with E-state index in [-0.39, 0.29) is 0 Å². The van der Waals surface area contributed by atoms with Gasteiger partial charge in [-0.25, -0.2) is 0 Å². The second-order valence-electron chi connectivity index (χ2n) is 5.34. The Kier molecular flexibility index (Phi) is 5.85. The maximum atomic E-state index is 10.5. The van der Waals surface area contributed by atoms with Gasteiger partial charge in [0.25, 0.3) is 0 Å². The topological polar surface area (TPSA) is 51.2 Å². The number of hydrogen-bond acceptors (Lipinski definition) is 5. The number of hydrogen-bond donors (Lipinski definition) is 1. The molecule has 0 amide bonds. The molecule has 1 N–H and O–H groups in total. The fraction of sp³-hybridized carbons (Fsp3) is 0.625. The van der Waals surface area contributed by atoms with Crippen LogP contribution in [0.3, 0.4) is 0 Å². The molecule has 1 aliphatic rings. The molecule has 0 saturated heterocycles. The lowest BCUT2D eigenvalue weighted by atomic mass is 10.1. The van der Waals surface area contributed by atoms with Crippen LogP contribution < -0.4 is 9.47 Å². The lowest BCUT2D eigenvalue weighted by Crippen LogP contribution is -2.33. The number of methoxy groups -OCH3 is 3. The molecule has 21 heavy (non-hydrogen) atoms. The van der Waals surface area contributed by atoms with Crippen LogP contribution in [0.1, 0.15) is 24.5 Å². The van der Waals surface area contributed by atoms with Crippen LogP contribution in [-0.2, 0) is 4.74 Å². The molecule has 1 unspecified atom stereocenters. The maximum absolute atomic E-state index is 10.5. The highest BCUT2D eigenvalue weighted by molar-refractivity contribution is 5.42. The van der Waals surface area contributed by atoms with Crippen molar-refractivity contribution in [3.63, 3.8) is 0 Å². The molecular weight excluding hydrogens is 270 g/mol. The Bertz CT molecular complexity index is 448. The number of rotatable bonds is 9. The van der Waals surface area contributed by atoms with Crippen LogP contribution in [0.25, 0.3) is 0 Å². The third kappa shape index (κ3) is 4.33. The van der Waals surface area contributed by atoms with Crippen LogP contribution in [0.2, 0.25) is 0 Å². The van der Waals surface area contributed by atoms with Crippen molar-refractivity contribution in [3.05, 3.63) is 23.8 Å². The Labute approximate surface area is 126 Å². The molecule has 5 nitrogen and oxygen atoms in total. The molecule has 1 aliphatic carbocycles. The quantitative estimate of drug-likeness (QED) is 0.753. The van der Waals surface area contributed by atoms with Crippen LogP contribution in [0.15, 0.2) is 18.2 Å². The highest BCUT2D eigenvalue weighted by Gasteiger charge is 2.30. The molecule has 1 atom stereocenters. The second-order valence-corrected chi connectivity index (χ2v) is 5.34. The van der Waals surface area contributed by atoms with Gasteiger partial charge in [0.2, 0.25) is 0 Å². The summed E-state index contributed by atoms with van der Waals surface area (Å²) in [5.41, 5.74) is 0.793. The summed E-state index contributed by atoms with van der Waals surface area (Å²) in [6.45, 7) is 2.12. The molecule has 1 fully saturated rings. The van der Waals surface area contributed by atoms with Crippen LogP contribution >= 0.6 is 0 Å². The predicted molar refractivity (Wildman–Crippen MR) is 81.0 cm³/mol. The first-order valence-electron chi connectivity index (χ1n) is 7.32. The Morgan fingerprint density at radius 1 is 1.24 bits per heavy atom. The molecule has 1 aromatic carbocycles. The number of nitrogens with zero attached hydrogens (tertiary/aromatic N) is 1. The van der Waals surface area contributed by atoms with Crippen molar-refractivity contribution in [2.45, 2.75) is 25.0 Å². The van der Waals surface area contributed by atoms with Gasteiger partial charge < -0.3 is 19.3 Å². The van der Waals surface area contributed by atoms with E-state index in [1.165, 1.54) is 12.8 Å². The van der Waals surface area contributed by atoms with Gasteiger partial charge in [-0.2, -0.15) is 0 Å². The molecule has 1 saturated carbocycles. The van der Waals surface area contributed by atoms with Crippen LogP contribution in [-0.4, -0.2) is 57.1 Å². The summed E-state index contributed by atoms with van der Waals surface area (Å²) >= 11 is 0. The summed E-state index contributed by atoms with van der Waals surface area (Å²) in [5, 5.41) is 10.5. The van der Waals surface area contributed by atoms with Gasteiger partial charge in [-0.3, -0.25) is 4.90 Å². The molecular formula is C16H25NO4. The summed E-state index contributed by atoms with van der Waals surface area (Å²) in [6.07, 6.45) is 1.83. The standard InChI is InChI=1S/C16H25NO4/c1-19-9-8-17(12-4-5-12)11-15(18)14-7-6-13(20-2)10-16(14)21-3/h6-7,10,12,15,18H,4-5,8-9,11H2,1-3H3. The highest BCUT2D eigenvalue weighted by Crippen LogP contribution is 2.32. The fourth-order valence-corrected chi connectivity index (χ4v) is 2.49. The minimum absolute atomic E-state index is 0.580. The molecule has 5 heteroatoms. The van der Waals surface area contributed by atoms with Gasteiger partial charge in [0.15, 0.2) is 0 Å². The van der Waals surface area contributed by atoms with E-state index in [2.05, 4.69) is 4.90 Å². The molecule has 0 radical (unpaired) electrons. The SMILES string of the molecule is COCCN(CC(O)c1ccc(OC)cc1OC)C1CC1. The molecule has 0 aliphatic heterocycles. The van der Waals surface area contributed by atoms with Crippen LogP contribution in [0.4, 0.5) is 0 Å². The average Bonchev–Trinajstić information content (AvgIpc) is 3.35. The minimum atomic E-state index is -0.580. The number of aliphatic hydroxyl groups excluding tert-OH is 1. The number of aliphatic hydroxyl groups is 1. The van der Waals surface area contributed by atoms with Gasteiger partial charge in [0.05, 0.1) is 26.9 Å². The summed E-state index contributed by atoms with van der Waals surface area (Å²) in [7, 11) is 4.92. The molecule has 0 aromatic heterocycles. The Morgan fingerprint density at radius 3 is 2.57 bits per heavy atom. The first kappa shape index (κ1) is 16.1. The smallest absolute Gasteiger partial charge is 0.128 e. The van der Waals surface area contributed by atoms with Crippen molar-refractivity contribution < 1.29 is 19.3 Å². The molecule has 0 spiro atoms. The van der Waals surface area contributed by atoms with E-state index >= 15 is 0 Å². The van der Waals surface area contributed by atoms with Gasteiger partial charge in [-0.15, -0.1) is 0 Å². The van der Waals surface area contributed by atoms with Crippen molar-refractivity contribution in [1.82, 2.24) is 4.90 Å². The van der Waals surface area contributed by atoms with Gasteiger partial charge in [0, 0.05) is 37.9 Å². The Hall–Kier alpha value is -1.30. The molecule has 1 aromatic rings. The summed E-state index contributed by atoms with van der Waals surface area (Å²) in [4.78, 5) is 2.29. The Balaban J connectivity index is 2.05. The van der Waals surface area contributed by atoms with E-state index in [0.29, 0.717) is 24.9 Å². The van der Waals surface area contributed by atoms with E-state index in [9.17, 15) is 5.11 Å². The van der Waals surface area contributed by atoms with E-state index in [1.807, 2.05) is 12.1 Å². The zero-order valence-electron chi connectivity index (χ0n) is 13.0. The van der Waals surface area contributed by atoms with Crippen molar-refractivity contribution in [3.8, 4) is 11.5 Å².